The van der Waals surface area contributed by atoms with Gasteiger partial charge in [0.2, 0.25) is 5.91 Å². The Labute approximate surface area is 88.9 Å². The van der Waals surface area contributed by atoms with Crippen LogP contribution in [0.5, 0.6) is 0 Å². The summed E-state index contributed by atoms with van der Waals surface area (Å²) in [5, 5.41) is 2.60. The Hall–Kier alpha value is -0.770. The van der Waals surface area contributed by atoms with E-state index >= 15 is 0 Å². The number of rotatable bonds is 6. The fourth-order valence-corrected chi connectivity index (χ4v) is 0.905. The van der Waals surface area contributed by atoms with Gasteiger partial charge < -0.3 is 10.1 Å². The van der Waals surface area contributed by atoms with Gasteiger partial charge >= 0.3 is 5.97 Å². The summed E-state index contributed by atoms with van der Waals surface area (Å²) < 4.78 is 4.69. The minimum Gasteiger partial charge on any atom is -0.466 e. The van der Waals surface area contributed by atoms with Gasteiger partial charge in [0, 0.05) is 18.3 Å². The van der Waals surface area contributed by atoms with E-state index in [4.69, 9.17) is 16.3 Å². The monoisotopic (exact) mass is 221 g/mol. The molecule has 0 aliphatic rings. The lowest BCUT2D eigenvalue weighted by Crippen LogP contribution is -2.31. The first-order chi connectivity index (χ1) is 6.61. The highest BCUT2D eigenvalue weighted by molar-refractivity contribution is 6.19. The summed E-state index contributed by atoms with van der Waals surface area (Å²) in [6, 6.07) is 0. The van der Waals surface area contributed by atoms with Gasteiger partial charge in [-0.15, -0.1) is 11.6 Å². The van der Waals surface area contributed by atoms with Crippen molar-refractivity contribution in [2.24, 2.45) is 5.92 Å². The topological polar surface area (TPSA) is 55.4 Å². The van der Waals surface area contributed by atoms with Crippen LogP contribution in [-0.4, -0.2) is 30.9 Å². The molecule has 0 aromatic heterocycles. The Bertz CT molecular complexity index is 196. The van der Waals surface area contributed by atoms with Crippen LogP contribution in [0.3, 0.4) is 0 Å². The van der Waals surface area contributed by atoms with Crippen molar-refractivity contribution in [3.8, 4) is 0 Å². The lowest BCUT2D eigenvalue weighted by molar-refractivity contribution is -0.143. The molecule has 0 aliphatic carbocycles. The van der Waals surface area contributed by atoms with Crippen LogP contribution in [0, 0.1) is 5.92 Å². The first-order valence-electron chi connectivity index (χ1n) is 4.61. The molecule has 14 heavy (non-hydrogen) atoms. The second kappa shape index (κ2) is 7.62. The van der Waals surface area contributed by atoms with E-state index < -0.39 is 0 Å². The van der Waals surface area contributed by atoms with Crippen LogP contribution in [0.4, 0.5) is 0 Å². The second-order valence-corrected chi connectivity index (χ2v) is 3.21. The second-order valence-electron chi connectivity index (χ2n) is 2.90. The number of hydrogen-bond acceptors (Lipinski definition) is 3. The molecule has 0 fully saturated rings. The molecule has 5 heteroatoms. The lowest BCUT2D eigenvalue weighted by Gasteiger charge is -2.08. The van der Waals surface area contributed by atoms with Crippen molar-refractivity contribution < 1.29 is 14.3 Å². The minimum atomic E-state index is -0.300. The maximum Gasteiger partial charge on any atom is 0.307 e. The zero-order chi connectivity index (χ0) is 11.0. The number of hydrogen-bond donors (Lipinski definition) is 1. The van der Waals surface area contributed by atoms with Crippen molar-refractivity contribution in [3.63, 3.8) is 0 Å². The molecule has 0 heterocycles. The Morgan fingerprint density at radius 2 is 2.14 bits per heavy atom. The number of carbonyl (C=O) groups is 2. The van der Waals surface area contributed by atoms with Crippen molar-refractivity contribution in [2.45, 2.75) is 20.3 Å². The summed E-state index contributed by atoms with van der Waals surface area (Å²) in [5.41, 5.74) is 0. The highest BCUT2D eigenvalue weighted by atomic mass is 35.5. The Morgan fingerprint density at radius 3 is 2.64 bits per heavy atom. The zero-order valence-corrected chi connectivity index (χ0v) is 9.26. The van der Waals surface area contributed by atoms with Gasteiger partial charge in [-0.25, -0.2) is 0 Å². The normalized spacial score (nSPS) is 11.9. The molecule has 0 radical (unpaired) electrons. The van der Waals surface area contributed by atoms with E-state index in [0.717, 1.165) is 0 Å². The Morgan fingerprint density at radius 1 is 1.50 bits per heavy atom. The van der Waals surface area contributed by atoms with Gasteiger partial charge in [-0.3, -0.25) is 9.59 Å². The lowest BCUT2D eigenvalue weighted by atomic mass is 10.2. The van der Waals surface area contributed by atoms with Crippen LogP contribution in [-0.2, 0) is 14.3 Å². The molecule has 1 amide bonds. The summed E-state index contributed by atoms with van der Waals surface area (Å²) in [7, 11) is 0. The number of amides is 1. The molecule has 0 bridgehead atoms. The van der Waals surface area contributed by atoms with Gasteiger partial charge in [0.05, 0.1) is 13.0 Å². The minimum absolute atomic E-state index is 0.135. The molecular formula is C9H16ClNO3. The number of carbonyl (C=O) groups excluding carboxylic acids is 2. The van der Waals surface area contributed by atoms with Crippen LogP contribution < -0.4 is 5.32 Å². The van der Waals surface area contributed by atoms with Crippen molar-refractivity contribution in [1.82, 2.24) is 5.32 Å². The molecular weight excluding hydrogens is 206 g/mol. The van der Waals surface area contributed by atoms with E-state index in [1.807, 2.05) is 0 Å². The quantitative estimate of drug-likeness (QED) is 0.536. The highest BCUT2D eigenvalue weighted by Gasteiger charge is 2.11. The van der Waals surface area contributed by atoms with Gasteiger partial charge in [0.15, 0.2) is 0 Å². The van der Waals surface area contributed by atoms with E-state index in [-0.39, 0.29) is 30.1 Å². The van der Waals surface area contributed by atoms with E-state index in [1.54, 1.807) is 13.8 Å². The van der Waals surface area contributed by atoms with Gasteiger partial charge in [-0.1, -0.05) is 6.92 Å². The SMILES string of the molecule is CCOC(=O)CCNC(=O)C(C)CCl. The van der Waals surface area contributed by atoms with Crippen molar-refractivity contribution in [2.75, 3.05) is 19.0 Å². The van der Waals surface area contributed by atoms with Gasteiger partial charge in [0.1, 0.15) is 0 Å². The molecule has 82 valence electrons. The van der Waals surface area contributed by atoms with Gasteiger partial charge in [0.25, 0.3) is 0 Å². The van der Waals surface area contributed by atoms with Crippen LogP contribution >= 0.6 is 11.6 Å². The number of ether oxygens (including phenoxy) is 1. The first-order valence-corrected chi connectivity index (χ1v) is 5.14. The Balaban J connectivity index is 3.54. The first kappa shape index (κ1) is 13.2. The molecule has 0 aliphatic heterocycles. The van der Waals surface area contributed by atoms with Crippen molar-refractivity contribution in [3.05, 3.63) is 0 Å². The molecule has 0 aromatic rings. The molecule has 0 saturated heterocycles. The smallest absolute Gasteiger partial charge is 0.307 e. The third kappa shape index (κ3) is 5.80. The molecule has 0 rings (SSSR count). The highest BCUT2D eigenvalue weighted by Crippen LogP contribution is 1.97. The predicted octanol–water partition coefficient (Wildman–Crippen LogP) is 0.931. The third-order valence-electron chi connectivity index (χ3n) is 1.61. The van der Waals surface area contributed by atoms with Crippen LogP contribution in [0.15, 0.2) is 0 Å². The molecule has 0 spiro atoms. The fraction of sp³-hybridized carbons (Fsp3) is 0.778. The van der Waals surface area contributed by atoms with E-state index in [2.05, 4.69) is 5.32 Å². The van der Waals surface area contributed by atoms with E-state index in [9.17, 15) is 9.59 Å². The van der Waals surface area contributed by atoms with Crippen LogP contribution in [0.2, 0.25) is 0 Å². The maximum atomic E-state index is 11.2. The van der Waals surface area contributed by atoms with Crippen LogP contribution in [0.1, 0.15) is 20.3 Å². The Kier molecular flexibility index (Phi) is 7.20. The fourth-order valence-electron chi connectivity index (χ4n) is 0.765. The summed E-state index contributed by atoms with van der Waals surface area (Å²) in [6.45, 7) is 4.14. The standard InChI is InChI=1S/C9H16ClNO3/c1-3-14-8(12)4-5-11-9(13)7(2)6-10/h7H,3-6H2,1-2H3,(H,11,13). The number of alkyl halides is 1. The molecule has 0 saturated carbocycles. The largest absolute Gasteiger partial charge is 0.466 e. The molecule has 1 unspecified atom stereocenters. The molecule has 1 atom stereocenters. The predicted molar refractivity (Wildman–Crippen MR) is 54.1 cm³/mol. The average molecular weight is 222 g/mol. The summed E-state index contributed by atoms with van der Waals surface area (Å²) in [4.78, 5) is 22.0. The summed E-state index contributed by atoms with van der Waals surface area (Å²) >= 11 is 5.49. The zero-order valence-electron chi connectivity index (χ0n) is 8.51. The van der Waals surface area contributed by atoms with Crippen molar-refractivity contribution >= 4 is 23.5 Å². The molecule has 4 nitrogen and oxygen atoms in total. The van der Waals surface area contributed by atoms with Crippen LogP contribution in [0.25, 0.3) is 0 Å². The molecule has 1 N–H and O–H groups in total. The maximum absolute atomic E-state index is 11.2. The van der Waals surface area contributed by atoms with Gasteiger partial charge in [-0.2, -0.15) is 0 Å². The summed E-state index contributed by atoms with van der Waals surface area (Å²) in [5.74, 6) is -0.375. The van der Waals surface area contributed by atoms with E-state index in [1.165, 1.54) is 0 Å². The average Bonchev–Trinajstić information content (AvgIpc) is 2.16. The number of halogens is 1. The number of esters is 1. The summed E-state index contributed by atoms with van der Waals surface area (Å²) in [6.07, 6.45) is 0.203. The van der Waals surface area contributed by atoms with Gasteiger partial charge in [-0.05, 0) is 6.92 Å². The third-order valence-corrected chi connectivity index (χ3v) is 2.08. The van der Waals surface area contributed by atoms with E-state index in [0.29, 0.717) is 13.2 Å². The number of nitrogens with one attached hydrogen (secondary N) is 1. The molecule has 0 aromatic carbocycles. The van der Waals surface area contributed by atoms with Crippen molar-refractivity contribution in [1.29, 1.82) is 0 Å².